The lowest BCUT2D eigenvalue weighted by atomic mass is 9.34. The van der Waals surface area contributed by atoms with Gasteiger partial charge in [-0.25, -0.2) is 9.97 Å². The van der Waals surface area contributed by atoms with Crippen LogP contribution in [0.2, 0.25) is 0 Å². The Bertz CT molecular complexity index is 3890. The minimum atomic E-state index is -0.0942. The van der Waals surface area contributed by atoms with Crippen LogP contribution in [-0.2, 0) is 10.8 Å². The Kier molecular flexibility index (Phi) is 8.87. The summed E-state index contributed by atoms with van der Waals surface area (Å²) in [5.41, 5.74) is 23.6. The van der Waals surface area contributed by atoms with Crippen molar-refractivity contribution in [3.63, 3.8) is 0 Å². The molecule has 0 unspecified atom stereocenters. The molecule has 0 fully saturated rings. The number of benzene rings is 9. The van der Waals surface area contributed by atoms with E-state index in [4.69, 9.17) is 9.97 Å². The summed E-state index contributed by atoms with van der Waals surface area (Å²) in [5, 5.41) is 5.11. The fourth-order valence-electron chi connectivity index (χ4n) is 11.8. The van der Waals surface area contributed by atoms with Gasteiger partial charge in [0, 0.05) is 60.6 Å². The largest absolute Gasteiger partial charge is 0.310 e. The SMILES string of the molecule is CC(C)(C)c1cc2c3c(c1)c1cc(-c4ccccc4)ccc1n3-c1cc(-c3cc(-c4ccccc4)nc(-c4ccccc4)n3)cc3c1B2c1cc(C(C)(C)C)cc2c4cc(-c5ccccc5)ccc4n-3c12. The van der Waals surface area contributed by atoms with E-state index in [0.29, 0.717) is 5.82 Å². The molecule has 12 aromatic rings. The zero-order valence-corrected chi connectivity index (χ0v) is 40.9. The van der Waals surface area contributed by atoms with Crippen molar-refractivity contribution >= 4 is 66.7 Å². The van der Waals surface area contributed by atoms with E-state index in [1.54, 1.807) is 0 Å². The predicted molar refractivity (Wildman–Crippen MR) is 300 cm³/mol. The summed E-state index contributed by atoms with van der Waals surface area (Å²) in [7, 11) is 0. The second kappa shape index (κ2) is 15.1. The van der Waals surface area contributed by atoms with Crippen molar-refractivity contribution in [2.75, 3.05) is 0 Å². The lowest BCUT2D eigenvalue weighted by Gasteiger charge is -2.35. The Hall–Kier alpha value is -8.28. The van der Waals surface area contributed by atoms with Gasteiger partial charge in [-0.1, -0.05) is 187 Å². The molecule has 0 aliphatic carbocycles. The van der Waals surface area contributed by atoms with Crippen LogP contribution in [0.3, 0.4) is 0 Å². The molecule has 0 amide bonds. The van der Waals surface area contributed by atoms with Gasteiger partial charge >= 0.3 is 0 Å². The van der Waals surface area contributed by atoms with Crippen LogP contribution in [-0.4, -0.2) is 25.8 Å². The maximum absolute atomic E-state index is 5.49. The smallest absolute Gasteiger partial charge is 0.252 e. The van der Waals surface area contributed by atoms with E-state index in [1.807, 2.05) is 0 Å². The maximum atomic E-state index is 5.49. The van der Waals surface area contributed by atoms with Gasteiger partial charge in [-0.3, -0.25) is 0 Å². The molecule has 0 saturated carbocycles. The number of aromatic nitrogens is 4. The molecule has 5 heteroatoms. The molecule has 5 heterocycles. The summed E-state index contributed by atoms with van der Waals surface area (Å²) in [6.45, 7) is 14.1. The van der Waals surface area contributed by atoms with Crippen molar-refractivity contribution in [1.82, 2.24) is 19.1 Å². The highest BCUT2D eigenvalue weighted by atomic mass is 15.0. The van der Waals surface area contributed by atoms with Crippen molar-refractivity contribution in [1.29, 1.82) is 0 Å². The number of hydrogen-bond acceptors (Lipinski definition) is 2. The standard InChI is InChI=1S/C66H51BN4/c1-65(2,3)47-35-51-49-31-44(40-19-11-7-12-20-40)27-29-57(49)70-59-33-46(56-39-55(42-23-15-9-16-24-42)68-64(69-56)43-25-17-10-18-26-43)34-60-61(59)67(53(37-47)62(51)70)54-38-48(66(4,5)6)36-52-50-32-45(41-21-13-8-14-22-41)28-30-58(50)71(60)63(52)54/h7-39H,1-6H3. The van der Waals surface area contributed by atoms with Crippen molar-refractivity contribution in [2.24, 2.45) is 0 Å². The number of nitrogens with zero attached hydrogens (tertiary/aromatic N) is 4. The Morgan fingerprint density at radius 1 is 0.352 bits per heavy atom. The van der Waals surface area contributed by atoms with Crippen LogP contribution in [0.25, 0.3) is 111 Å². The van der Waals surface area contributed by atoms with E-state index in [-0.39, 0.29) is 17.5 Å². The van der Waals surface area contributed by atoms with Crippen LogP contribution in [0.15, 0.2) is 200 Å². The third-order valence-electron chi connectivity index (χ3n) is 15.4. The number of hydrogen-bond donors (Lipinski definition) is 0. The predicted octanol–water partition coefficient (Wildman–Crippen LogP) is 14.7. The molecule has 0 radical (unpaired) electrons. The van der Waals surface area contributed by atoms with E-state index in [9.17, 15) is 0 Å². The fourth-order valence-corrected chi connectivity index (χ4v) is 11.8. The van der Waals surface area contributed by atoms with Gasteiger partial charge in [0.05, 0.1) is 22.4 Å². The second-order valence-electron chi connectivity index (χ2n) is 21.8. The van der Waals surface area contributed by atoms with Gasteiger partial charge in [-0.2, -0.15) is 0 Å². The summed E-state index contributed by atoms with van der Waals surface area (Å²) >= 11 is 0. The minimum Gasteiger partial charge on any atom is -0.310 e. The van der Waals surface area contributed by atoms with Crippen molar-refractivity contribution < 1.29 is 0 Å². The second-order valence-corrected chi connectivity index (χ2v) is 21.8. The average Bonchev–Trinajstić information content (AvgIpc) is 3.91. The van der Waals surface area contributed by atoms with E-state index in [1.165, 1.54) is 105 Å². The summed E-state index contributed by atoms with van der Waals surface area (Å²) in [5.74, 6) is 0.704. The third kappa shape index (κ3) is 6.38. The zero-order chi connectivity index (χ0) is 47.9. The average molecular weight is 911 g/mol. The lowest BCUT2D eigenvalue weighted by molar-refractivity contribution is 0.591. The normalized spacial score (nSPS) is 12.9. The van der Waals surface area contributed by atoms with Crippen LogP contribution in [0.4, 0.5) is 0 Å². The topological polar surface area (TPSA) is 35.6 Å². The molecule has 2 aliphatic rings. The van der Waals surface area contributed by atoms with E-state index in [0.717, 1.165) is 28.1 Å². The molecule has 9 aromatic carbocycles. The van der Waals surface area contributed by atoms with E-state index < -0.39 is 0 Å². The molecular weight excluding hydrogens is 860 g/mol. The van der Waals surface area contributed by atoms with Crippen LogP contribution in [0.1, 0.15) is 52.7 Å². The third-order valence-corrected chi connectivity index (χ3v) is 15.4. The Morgan fingerprint density at radius 2 is 0.761 bits per heavy atom. The van der Waals surface area contributed by atoms with Gasteiger partial charge < -0.3 is 9.13 Å². The molecule has 338 valence electrons. The van der Waals surface area contributed by atoms with Gasteiger partial charge in [-0.15, -0.1) is 0 Å². The molecule has 3 aromatic heterocycles. The van der Waals surface area contributed by atoms with Crippen LogP contribution >= 0.6 is 0 Å². The fraction of sp³-hybridized carbons (Fsp3) is 0.121. The molecule has 0 atom stereocenters. The van der Waals surface area contributed by atoms with Crippen molar-refractivity contribution in [2.45, 2.75) is 52.4 Å². The maximum Gasteiger partial charge on any atom is 0.252 e. The molecule has 4 nitrogen and oxygen atoms in total. The molecule has 14 rings (SSSR count). The van der Waals surface area contributed by atoms with Crippen LogP contribution < -0.4 is 16.4 Å². The molecular formula is C66H51BN4. The quantitative estimate of drug-likeness (QED) is 0.161. The van der Waals surface area contributed by atoms with E-state index in [2.05, 4.69) is 251 Å². The first-order chi connectivity index (χ1) is 34.5. The minimum absolute atomic E-state index is 0.0374. The summed E-state index contributed by atoms with van der Waals surface area (Å²) in [4.78, 5) is 10.7. The lowest BCUT2D eigenvalue weighted by Crippen LogP contribution is -2.59. The molecule has 0 spiro atoms. The highest BCUT2D eigenvalue weighted by molar-refractivity contribution is 7.00. The van der Waals surface area contributed by atoms with Gasteiger partial charge in [-0.05, 0) is 115 Å². The van der Waals surface area contributed by atoms with Crippen molar-refractivity contribution in [3.8, 4) is 67.5 Å². The number of rotatable bonds is 5. The Balaban J connectivity index is 1.16. The molecule has 0 N–H and O–H groups in total. The van der Waals surface area contributed by atoms with Gasteiger partial charge in [0.2, 0.25) is 0 Å². The van der Waals surface area contributed by atoms with Gasteiger partial charge in [0.1, 0.15) is 0 Å². The number of fused-ring (bicyclic) bond motifs is 10. The summed E-state index contributed by atoms with van der Waals surface area (Å²) in [6.07, 6.45) is 0. The highest BCUT2D eigenvalue weighted by Gasteiger charge is 2.43. The first-order valence-corrected chi connectivity index (χ1v) is 25.0. The molecule has 0 bridgehead atoms. The van der Waals surface area contributed by atoms with Gasteiger partial charge in [0.15, 0.2) is 5.82 Å². The first-order valence-electron chi connectivity index (χ1n) is 25.0. The first kappa shape index (κ1) is 41.7. The van der Waals surface area contributed by atoms with Crippen molar-refractivity contribution in [3.05, 3.63) is 211 Å². The van der Waals surface area contributed by atoms with Crippen LogP contribution in [0, 0.1) is 0 Å². The molecule has 0 saturated heterocycles. The summed E-state index contributed by atoms with van der Waals surface area (Å²) in [6, 6.07) is 74.0. The van der Waals surface area contributed by atoms with Gasteiger partial charge in [0.25, 0.3) is 6.71 Å². The van der Waals surface area contributed by atoms with Crippen LogP contribution in [0.5, 0.6) is 0 Å². The highest BCUT2D eigenvalue weighted by Crippen LogP contribution is 2.44. The summed E-state index contributed by atoms with van der Waals surface area (Å²) < 4.78 is 5.21. The monoisotopic (exact) mass is 910 g/mol. The molecule has 2 aliphatic heterocycles. The van der Waals surface area contributed by atoms with E-state index >= 15 is 0 Å². The Morgan fingerprint density at radius 3 is 1.20 bits per heavy atom. The zero-order valence-electron chi connectivity index (χ0n) is 40.9. The molecule has 71 heavy (non-hydrogen) atoms. The Labute approximate surface area is 415 Å².